The molecule has 0 atom stereocenters. The summed E-state index contributed by atoms with van der Waals surface area (Å²) in [5.41, 5.74) is 1.25. The van der Waals surface area contributed by atoms with Gasteiger partial charge in [0.2, 0.25) is 0 Å². The third-order valence-electron chi connectivity index (χ3n) is 2.17. The molecule has 15 heavy (non-hydrogen) atoms. The fraction of sp³-hybridized carbons (Fsp3) is 0.417. The van der Waals surface area contributed by atoms with Gasteiger partial charge < -0.3 is 10.4 Å². The van der Waals surface area contributed by atoms with Crippen molar-refractivity contribution in [1.29, 1.82) is 0 Å². The van der Waals surface area contributed by atoms with Gasteiger partial charge in [-0.25, -0.2) is 0 Å². The van der Waals surface area contributed by atoms with Crippen molar-refractivity contribution in [2.45, 2.75) is 26.3 Å². The smallest absolute Gasteiger partial charge is 0.159 e. The Morgan fingerprint density at radius 2 is 1.87 bits per heavy atom. The number of carbonyl (C=O) groups is 1. The van der Waals surface area contributed by atoms with E-state index in [4.69, 9.17) is 5.11 Å². The maximum Gasteiger partial charge on any atom is 0.159 e. The molecule has 0 aliphatic rings. The summed E-state index contributed by atoms with van der Waals surface area (Å²) in [5, 5.41) is 12.3. The van der Waals surface area contributed by atoms with Crippen molar-refractivity contribution in [2.24, 2.45) is 0 Å². The Labute approximate surface area is 90.1 Å². The van der Waals surface area contributed by atoms with Crippen LogP contribution in [0.3, 0.4) is 0 Å². The predicted octanol–water partition coefficient (Wildman–Crippen LogP) is 2.07. The van der Waals surface area contributed by atoms with E-state index in [2.05, 4.69) is 5.32 Å². The van der Waals surface area contributed by atoms with E-state index in [-0.39, 0.29) is 17.9 Å². The van der Waals surface area contributed by atoms with Gasteiger partial charge in [0.15, 0.2) is 5.78 Å². The molecule has 1 aromatic rings. The second kappa shape index (κ2) is 4.45. The fourth-order valence-corrected chi connectivity index (χ4v) is 1.22. The van der Waals surface area contributed by atoms with Crippen LogP contribution in [-0.4, -0.2) is 23.0 Å². The van der Waals surface area contributed by atoms with Crippen LogP contribution in [0.5, 0.6) is 0 Å². The van der Waals surface area contributed by atoms with Crippen molar-refractivity contribution in [3.8, 4) is 0 Å². The molecule has 0 aliphatic heterocycles. The van der Waals surface area contributed by atoms with Crippen molar-refractivity contribution in [2.75, 3.05) is 11.9 Å². The Morgan fingerprint density at radius 3 is 2.27 bits per heavy atom. The molecule has 1 aromatic carbocycles. The van der Waals surface area contributed by atoms with Crippen LogP contribution in [0, 0.1) is 0 Å². The highest BCUT2D eigenvalue weighted by Gasteiger charge is 2.15. The lowest BCUT2D eigenvalue weighted by atomic mass is 10.1. The number of carbonyl (C=O) groups excluding carboxylic acids is 1. The number of hydrogen-bond acceptors (Lipinski definition) is 3. The van der Waals surface area contributed by atoms with Crippen LogP contribution in [-0.2, 0) is 0 Å². The Hall–Kier alpha value is -1.35. The van der Waals surface area contributed by atoms with E-state index in [0.29, 0.717) is 5.56 Å². The summed E-state index contributed by atoms with van der Waals surface area (Å²) in [6, 6.07) is 7.23. The lowest BCUT2D eigenvalue weighted by molar-refractivity contribution is 0.101. The quantitative estimate of drug-likeness (QED) is 0.743. The summed E-state index contributed by atoms with van der Waals surface area (Å²) in [5.74, 6) is 0.0583. The van der Waals surface area contributed by atoms with Crippen LogP contribution < -0.4 is 5.32 Å². The molecule has 0 aliphatic carbocycles. The van der Waals surface area contributed by atoms with E-state index >= 15 is 0 Å². The zero-order valence-electron chi connectivity index (χ0n) is 9.37. The number of aliphatic hydroxyl groups excluding tert-OH is 1. The molecule has 0 fully saturated rings. The van der Waals surface area contributed by atoms with Crippen LogP contribution in [0.2, 0.25) is 0 Å². The minimum absolute atomic E-state index is 0.0570. The number of nitrogens with one attached hydrogen (secondary N) is 1. The maximum absolute atomic E-state index is 11.0. The van der Waals surface area contributed by atoms with Crippen molar-refractivity contribution in [3.05, 3.63) is 29.8 Å². The van der Waals surface area contributed by atoms with E-state index in [1.807, 2.05) is 26.0 Å². The Kier molecular flexibility index (Phi) is 3.48. The van der Waals surface area contributed by atoms with Crippen molar-refractivity contribution >= 4 is 11.5 Å². The number of rotatable bonds is 4. The van der Waals surface area contributed by atoms with Crippen LogP contribution in [0.15, 0.2) is 24.3 Å². The third kappa shape index (κ3) is 3.36. The molecule has 0 unspecified atom stereocenters. The molecule has 1 rings (SSSR count). The van der Waals surface area contributed by atoms with E-state index in [1.165, 1.54) is 0 Å². The number of ketones is 1. The van der Waals surface area contributed by atoms with Gasteiger partial charge in [-0.2, -0.15) is 0 Å². The van der Waals surface area contributed by atoms with Gasteiger partial charge in [-0.1, -0.05) is 0 Å². The second-order valence-electron chi connectivity index (χ2n) is 4.30. The van der Waals surface area contributed by atoms with E-state index in [1.54, 1.807) is 19.1 Å². The number of benzene rings is 1. The van der Waals surface area contributed by atoms with Gasteiger partial charge in [0, 0.05) is 11.3 Å². The molecule has 2 N–H and O–H groups in total. The standard InChI is InChI=1S/C12H17NO2/c1-9(15)10-4-6-11(7-5-10)13-12(2,3)8-14/h4-7,13-14H,8H2,1-3H3. The summed E-state index contributed by atoms with van der Waals surface area (Å²) >= 11 is 0. The molecule has 82 valence electrons. The van der Waals surface area contributed by atoms with Gasteiger partial charge in [-0.3, -0.25) is 4.79 Å². The third-order valence-corrected chi connectivity index (χ3v) is 2.17. The van der Waals surface area contributed by atoms with Crippen LogP contribution in [0.1, 0.15) is 31.1 Å². The van der Waals surface area contributed by atoms with E-state index in [0.717, 1.165) is 5.69 Å². The first kappa shape index (κ1) is 11.7. The summed E-state index contributed by atoms with van der Waals surface area (Å²) < 4.78 is 0. The molecule has 0 radical (unpaired) electrons. The van der Waals surface area contributed by atoms with Gasteiger partial charge in [0.05, 0.1) is 12.1 Å². The fourth-order valence-electron chi connectivity index (χ4n) is 1.22. The average molecular weight is 207 g/mol. The van der Waals surface area contributed by atoms with Crippen molar-refractivity contribution in [1.82, 2.24) is 0 Å². The molecule has 0 spiro atoms. The predicted molar refractivity (Wildman–Crippen MR) is 61.2 cm³/mol. The Bertz CT molecular complexity index is 341. The summed E-state index contributed by atoms with van der Waals surface area (Å²) in [6.07, 6.45) is 0. The van der Waals surface area contributed by atoms with Gasteiger partial charge in [0.25, 0.3) is 0 Å². The number of anilines is 1. The van der Waals surface area contributed by atoms with Crippen LogP contribution >= 0.6 is 0 Å². The molecular weight excluding hydrogens is 190 g/mol. The first-order valence-corrected chi connectivity index (χ1v) is 4.95. The molecular formula is C12H17NO2. The monoisotopic (exact) mass is 207 g/mol. The van der Waals surface area contributed by atoms with Crippen molar-refractivity contribution in [3.63, 3.8) is 0 Å². The van der Waals surface area contributed by atoms with Gasteiger partial charge in [-0.05, 0) is 45.0 Å². The highest BCUT2D eigenvalue weighted by molar-refractivity contribution is 5.94. The van der Waals surface area contributed by atoms with Crippen LogP contribution in [0.4, 0.5) is 5.69 Å². The van der Waals surface area contributed by atoms with Gasteiger partial charge in [-0.15, -0.1) is 0 Å². The molecule has 0 saturated heterocycles. The van der Waals surface area contributed by atoms with Gasteiger partial charge in [0.1, 0.15) is 0 Å². The topological polar surface area (TPSA) is 49.3 Å². The zero-order valence-corrected chi connectivity index (χ0v) is 9.37. The first-order valence-electron chi connectivity index (χ1n) is 4.95. The number of aliphatic hydroxyl groups is 1. The highest BCUT2D eigenvalue weighted by Crippen LogP contribution is 2.15. The molecule has 0 amide bonds. The molecule has 3 heteroatoms. The lowest BCUT2D eigenvalue weighted by Crippen LogP contribution is -2.34. The minimum Gasteiger partial charge on any atom is -0.394 e. The Morgan fingerprint density at radius 1 is 1.33 bits per heavy atom. The first-order chi connectivity index (χ1) is 6.94. The normalized spacial score (nSPS) is 11.2. The summed E-state index contributed by atoms with van der Waals surface area (Å²) in [4.78, 5) is 11.0. The lowest BCUT2D eigenvalue weighted by Gasteiger charge is -2.24. The number of hydrogen-bond donors (Lipinski definition) is 2. The molecule has 3 nitrogen and oxygen atoms in total. The summed E-state index contributed by atoms with van der Waals surface area (Å²) in [7, 11) is 0. The molecule has 0 aromatic heterocycles. The maximum atomic E-state index is 11.0. The highest BCUT2D eigenvalue weighted by atomic mass is 16.3. The summed E-state index contributed by atoms with van der Waals surface area (Å²) in [6.45, 7) is 5.42. The second-order valence-corrected chi connectivity index (χ2v) is 4.30. The molecule has 0 saturated carbocycles. The van der Waals surface area contributed by atoms with E-state index < -0.39 is 0 Å². The van der Waals surface area contributed by atoms with Gasteiger partial charge >= 0.3 is 0 Å². The number of Topliss-reactive ketones (excluding diaryl/α,β-unsaturated/α-hetero) is 1. The SMILES string of the molecule is CC(=O)c1ccc(NC(C)(C)CO)cc1. The minimum atomic E-state index is -0.349. The molecule has 0 bridgehead atoms. The average Bonchev–Trinajstić information content (AvgIpc) is 2.18. The molecule has 0 heterocycles. The van der Waals surface area contributed by atoms with Crippen molar-refractivity contribution < 1.29 is 9.90 Å². The Balaban J connectivity index is 2.77. The largest absolute Gasteiger partial charge is 0.394 e. The zero-order chi connectivity index (χ0) is 11.5. The van der Waals surface area contributed by atoms with E-state index in [9.17, 15) is 4.79 Å². The van der Waals surface area contributed by atoms with Crippen LogP contribution in [0.25, 0.3) is 0 Å².